The molecule has 1 aliphatic rings. The lowest BCUT2D eigenvalue weighted by Gasteiger charge is -2.21. The zero-order chi connectivity index (χ0) is 13.0. The summed E-state index contributed by atoms with van der Waals surface area (Å²) in [4.78, 5) is 11.9. The predicted molar refractivity (Wildman–Crippen MR) is 69.4 cm³/mol. The normalized spacial score (nSPS) is 16.5. The Morgan fingerprint density at radius 1 is 1.44 bits per heavy atom. The van der Waals surface area contributed by atoms with Gasteiger partial charge in [-0.15, -0.1) is 0 Å². The number of nitrogen functional groups attached to an aromatic ring is 1. The first kappa shape index (κ1) is 12.9. The number of esters is 1. The van der Waals surface area contributed by atoms with Gasteiger partial charge in [-0.2, -0.15) is 0 Å². The molecule has 18 heavy (non-hydrogen) atoms. The molecule has 2 rings (SSSR count). The average Bonchev–Trinajstić information content (AvgIpc) is 2.40. The number of benzene rings is 1. The highest BCUT2D eigenvalue weighted by atomic mass is 16.5. The van der Waals surface area contributed by atoms with Gasteiger partial charge in [0.15, 0.2) is 0 Å². The van der Waals surface area contributed by atoms with Crippen molar-refractivity contribution in [2.45, 2.75) is 19.8 Å². The third kappa shape index (κ3) is 3.01. The fourth-order valence-electron chi connectivity index (χ4n) is 2.04. The fourth-order valence-corrected chi connectivity index (χ4v) is 2.04. The highest BCUT2D eigenvalue weighted by molar-refractivity contribution is 5.95. The quantitative estimate of drug-likeness (QED) is 0.658. The Labute approximate surface area is 107 Å². The number of carbonyl (C=O) groups is 1. The molecule has 0 aliphatic carbocycles. The Morgan fingerprint density at radius 2 is 2.17 bits per heavy atom. The van der Waals surface area contributed by atoms with E-state index in [1.165, 1.54) is 0 Å². The lowest BCUT2D eigenvalue weighted by atomic mass is 10.0. The van der Waals surface area contributed by atoms with Gasteiger partial charge in [0, 0.05) is 18.9 Å². The van der Waals surface area contributed by atoms with Crippen molar-refractivity contribution in [2.75, 3.05) is 25.6 Å². The average molecular weight is 249 g/mol. The van der Waals surface area contributed by atoms with Crippen LogP contribution in [0, 0.1) is 12.8 Å². The van der Waals surface area contributed by atoms with E-state index in [4.69, 9.17) is 15.2 Å². The summed E-state index contributed by atoms with van der Waals surface area (Å²) in [7, 11) is 0. The summed E-state index contributed by atoms with van der Waals surface area (Å²) in [6.45, 7) is 3.85. The number of nitrogens with two attached hydrogens (primary N) is 1. The molecule has 4 heteroatoms. The Bertz CT molecular complexity index is 425. The van der Waals surface area contributed by atoms with Crippen LogP contribution in [-0.4, -0.2) is 25.8 Å². The smallest absolute Gasteiger partial charge is 0.340 e. The maximum absolute atomic E-state index is 11.9. The molecular weight excluding hydrogens is 230 g/mol. The van der Waals surface area contributed by atoms with Crippen molar-refractivity contribution in [3.63, 3.8) is 0 Å². The third-order valence-electron chi connectivity index (χ3n) is 3.34. The van der Waals surface area contributed by atoms with E-state index < -0.39 is 0 Å². The molecule has 1 fully saturated rings. The molecule has 1 saturated heterocycles. The van der Waals surface area contributed by atoms with Gasteiger partial charge < -0.3 is 15.2 Å². The summed E-state index contributed by atoms with van der Waals surface area (Å²) in [6, 6.07) is 5.40. The third-order valence-corrected chi connectivity index (χ3v) is 3.34. The van der Waals surface area contributed by atoms with Crippen molar-refractivity contribution in [1.82, 2.24) is 0 Å². The number of anilines is 1. The number of para-hydroxylation sites is 1. The maximum Gasteiger partial charge on any atom is 0.340 e. The van der Waals surface area contributed by atoms with Crippen LogP contribution in [0.3, 0.4) is 0 Å². The predicted octanol–water partition coefficient (Wildman–Crippen LogP) is 2.16. The molecule has 98 valence electrons. The largest absolute Gasteiger partial charge is 0.462 e. The number of aryl methyl sites for hydroxylation is 1. The van der Waals surface area contributed by atoms with E-state index in [1.807, 2.05) is 19.1 Å². The molecule has 0 spiro atoms. The van der Waals surface area contributed by atoms with E-state index >= 15 is 0 Å². The Hall–Kier alpha value is -1.55. The van der Waals surface area contributed by atoms with Gasteiger partial charge in [0.1, 0.15) is 0 Å². The molecule has 0 unspecified atom stereocenters. The minimum absolute atomic E-state index is 0.331. The van der Waals surface area contributed by atoms with Crippen LogP contribution in [-0.2, 0) is 9.47 Å². The maximum atomic E-state index is 11.9. The second-order valence-corrected chi connectivity index (χ2v) is 4.69. The van der Waals surface area contributed by atoms with E-state index in [9.17, 15) is 4.79 Å². The molecule has 4 nitrogen and oxygen atoms in total. The second kappa shape index (κ2) is 5.87. The topological polar surface area (TPSA) is 61.5 Å². The minimum atomic E-state index is -0.331. The van der Waals surface area contributed by atoms with E-state index in [2.05, 4.69) is 0 Å². The standard InChI is InChI=1S/C14H19NO3/c1-10-3-2-4-12(13(10)15)14(16)18-9-11-5-7-17-8-6-11/h2-4,11H,5-9,15H2,1H3. The van der Waals surface area contributed by atoms with E-state index in [1.54, 1.807) is 6.07 Å². The summed E-state index contributed by atoms with van der Waals surface area (Å²) < 4.78 is 10.6. The molecule has 0 bridgehead atoms. The van der Waals surface area contributed by atoms with E-state index in [0.29, 0.717) is 23.8 Å². The summed E-state index contributed by atoms with van der Waals surface area (Å²) in [6.07, 6.45) is 1.91. The highest BCUT2D eigenvalue weighted by Crippen LogP contribution is 2.19. The van der Waals surface area contributed by atoms with Crippen molar-refractivity contribution in [3.05, 3.63) is 29.3 Å². The van der Waals surface area contributed by atoms with E-state index in [-0.39, 0.29) is 5.97 Å². The Kier molecular flexibility index (Phi) is 4.20. The van der Waals surface area contributed by atoms with Crippen LogP contribution >= 0.6 is 0 Å². The first-order chi connectivity index (χ1) is 8.68. The summed E-state index contributed by atoms with van der Waals surface area (Å²) in [5.41, 5.74) is 7.74. The molecule has 0 amide bonds. The van der Waals surface area contributed by atoms with Crippen LogP contribution in [0.2, 0.25) is 0 Å². The fraction of sp³-hybridized carbons (Fsp3) is 0.500. The second-order valence-electron chi connectivity index (χ2n) is 4.69. The number of hydrogen-bond donors (Lipinski definition) is 1. The van der Waals surface area contributed by atoms with Gasteiger partial charge in [0.05, 0.1) is 12.2 Å². The molecule has 0 atom stereocenters. The van der Waals surface area contributed by atoms with Crippen LogP contribution in [0.25, 0.3) is 0 Å². The van der Waals surface area contributed by atoms with Crippen LogP contribution in [0.1, 0.15) is 28.8 Å². The zero-order valence-corrected chi connectivity index (χ0v) is 10.6. The van der Waals surface area contributed by atoms with Gasteiger partial charge in [0.25, 0.3) is 0 Å². The van der Waals surface area contributed by atoms with Gasteiger partial charge in [-0.05, 0) is 37.3 Å². The molecule has 1 heterocycles. The number of hydrogen-bond acceptors (Lipinski definition) is 4. The SMILES string of the molecule is Cc1cccc(C(=O)OCC2CCOCC2)c1N. The van der Waals surface area contributed by atoms with E-state index in [0.717, 1.165) is 31.6 Å². The number of carbonyl (C=O) groups excluding carboxylic acids is 1. The molecule has 0 saturated carbocycles. The molecular formula is C14H19NO3. The van der Waals surface area contributed by atoms with Crippen molar-refractivity contribution in [2.24, 2.45) is 5.92 Å². The van der Waals surface area contributed by atoms with Gasteiger partial charge in [-0.1, -0.05) is 12.1 Å². The number of rotatable bonds is 3. The van der Waals surface area contributed by atoms with Crippen LogP contribution in [0.15, 0.2) is 18.2 Å². The van der Waals surface area contributed by atoms with Crippen molar-refractivity contribution in [1.29, 1.82) is 0 Å². The molecule has 1 aromatic carbocycles. The van der Waals surface area contributed by atoms with Crippen molar-refractivity contribution < 1.29 is 14.3 Å². The van der Waals surface area contributed by atoms with Gasteiger partial charge >= 0.3 is 5.97 Å². The summed E-state index contributed by atoms with van der Waals surface area (Å²) >= 11 is 0. The van der Waals surface area contributed by atoms with Gasteiger partial charge in [-0.3, -0.25) is 0 Å². The monoisotopic (exact) mass is 249 g/mol. The van der Waals surface area contributed by atoms with Crippen molar-refractivity contribution >= 4 is 11.7 Å². The van der Waals surface area contributed by atoms with Crippen LogP contribution in [0.4, 0.5) is 5.69 Å². The zero-order valence-electron chi connectivity index (χ0n) is 10.6. The summed E-state index contributed by atoms with van der Waals surface area (Å²) in [5, 5.41) is 0. The first-order valence-electron chi connectivity index (χ1n) is 6.28. The lowest BCUT2D eigenvalue weighted by molar-refractivity contribution is 0.0186. The molecule has 2 N–H and O–H groups in total. The molecule has 0 aromatic heterocycles. The van der Waals surface area contributed by atoms with Gasteiger partial charge in [-0.25, -0.2) is 4.79 Å². The van der Waals surface area contributed by atoms with Gasteiger partial charge in [0.2, 0.25) is 0 Å². The molecule has 0 radical (unpaired) electrons. The molecule has 1 aliphatic heterocycles. The van der Waals surface area contributed by atoms with Crippen molar-refractivity contribution in [3.8, 4) is 0 Å². The van der Waals surface area contributed by atoms with Crippen LogP contribution in [0.5, 0.6) is 0 Å². The minimum Gasteiger partial charge on any atom is -0.462 e. The molecule has 1 aromatic rings. The highest BCUT2D eigenvalue weighted by Gasteiger charge is 2.18. The summed E-state index contributed by atoms with van der Waals surface area (Å²) in [5.74, 6) is 0.0800. The lowest BCUT2D eigenvalue weighted by Crippen LogP contribution is -2.22. The van der Waals surface area contributed by atoms with Crippen LogP contribution < -0.4 is 5.73 Å². The number of ether oxygens (including phenoxy) is 2. The Morgan fingerprint density at radius 3 is 2.89 bits per heavy atom. The first-order valence-corrected chi connectivity index (χ1v) is 6.28. The Balaban J connectivity index is 1.93.